The van der Waals surface area contributed by atoms with Crippen LogP contribution in [0.4, 0.5) is 0 Å². The predicted octanol–water partition coefficient (Wildman–Crippen LogP) is 2.15. The number of thiazole rings is 1. The van der Waals surface area contributed by atoms with Crippen LogP contribution < -0.4 is 4.84 Å². The van der Waals surface area contributed by atoms with E-state index in [9.17, 15) is 0 Å². The van der Waals surface area contributed by atoms with Gasteiger partial charge in [0.2, 0.25) is 0 Å². The van der Waals surface area contributed by atoms with E-state index in [0.29, 0.717) is 6.54 Å². The zero-order chi connectivity index (χ0) is 6.69. The molecule has 1 aromatic heterocycles. The van der Waals surface area contributed by atoms with Crippen LogP contribution in [0.3, 0.4) is 0 Å². The average Bonchev–Trinajstić information content (AvgIpc) is 2.17. The molecule has 0 unspecified atom stereocenters. The van der Waals surface area contributed by atoms with Crippen molar-refractivity contribution in [3.05, 3.63) is 15.0 Å². The first-order chi connectivity index (χ1) is 4.33. The summed E-state index contributed by atoms with van der Waals surface area (Å²) in [6.07, 6.45) is 1.78. The van der Waals surface area contributed by atoms with Crippen LogP contribution in [0.25, 0.3) is 0 Å². The van der Waals surface area contributed by atoms with Crippen molar-refractivity contribution < 1.29 is 0 Å². The molecule has 50 valence electrons. The van der Waals surface area contributed by atoms with Gasteiger partial charge in [-0.2, -0.15) is 0 Å². The van der Waals surface area contributed by atoms with Crippen molar-refractivity contribution in [2.24, 2.45) is 0 Å². The summed E-state index contributed by atoms with van der Waals surface area (Å²) >= 11 is 10.1. The van der Waals surface area contributed by atoms with E-state index in [-0.39, 0.29) is 0 Å². The molecule has 0 spiro atoms. The molecule has 0 aliphatic heterocycles. The fraction of sp³-hybridized carbons (Fsp3) is 0.250. The molecule has 0 aromatic carbocycles. The zero-order valence-corrected chi connectivity index (χ0v) is 7.55. The minimum Gasteiger partial charge on any atom is -0.237 e. The highest BCUT2D eigenvalue weighted by atomic mass is 79.9. The molecule has 5 heteroatoms. The van der Waals surface area contributed by atoms with Gasteiger partial charge in [0.15, 0.2) is 3.92 Å². The van der Waals surface area contributed by atoms with Gasteiger partial charge in [0.1, 0.15) is 0 Å². The molecule has 1 aromatic rings. The van der Waals surface area contributed by atoms with Crippen LogP contribution >= 0.6 is 39.0 Å². The maximum absolute atomic E-state index is 5.26. The topological polar surface area (TPSA) is 24.9 Å². The molecule has 0 radical (unpaired) electrons. The molecule has 0 atom stereocenters. The average molecular weight is 228 g/mol. The van der Waals surface area contributed by atoms with Crippen LogP contribution in [0, 0.1) is 0 Å². The van der Waals surface area contributed by atoms with Crippen molar-refractivity contribution in [1.82, 2.24) is 9.82 Å². The van der Waals surface area contributed by atoms with E-state index >= 15 is 0 Å². The fourth-order valence-electron chi connectivity index (χ4n) is 0.431. The van der Waals surface area contributed by atoms with Gasteiger partial charge in [-0.05, 0) is 27.7 Å². The Morgan fingerprint density at radius 1 is 1.89 bits per heavy atom. The minimum atomic E-state index is 0.671. The van der Waals surface area contributed by atoms with E-state index in [1.165, 1.54) is 0 Å². The van der Waals surface area contributed by atoms with E-state index in [1.54, 1.807) is 17.5 Å². The lowest BCUT2D eigenvalue weighted by Crippen LogP contribution is -1.94. The molecule has 0 saturated heterocycles. The number of nitrogens with zero attached hydrogens (tertiary/aromatic N) is 1. The molecular formula is C4H4BrClN2S. The maximum Gasteiger partial charge on any atom is 0.159 e. The lowest BCUT2D eigenvalue weighted by atomic mass is 10.6. The van der Waals surface area contributed by atoms with Gasteiger partial charge in [-0.1, -0.05) is 0 Å². The standard InChI is InChI=1S/C4H4BrClN2S/c5-4-7-1-3(9-4)2-8-6/h1,8H,2H2. The Morgan fingerprint density at radius 3 is 3.11 bits per heavy atom. The first kappa shape index (κ1) is 7.47. The Balaban J connectivity index is 2.61. The number of halogens is 2. The second-order valence-electron chi connectivity index (χ2n) is 1.39. The first-order valence-corrected chi connectivity index (χ1v) is 4.25. The molecule has 0 aliphatic rings. The Bertz CT molecular complexity index is 190. The van der Waals surface area contributed by atoms with Crippen LogP contribution in [0.1, 0.15) is 4.88 Å². The molecule has 0 amide bonds. The molecule has 1 heterocycles. The summed E-state index contributed by atoms with van der Waals surface area (Å²) in [5, 5.41) is 0. The molecule has 2 nitrogen and oxygen atoms in total. The van der Waals surface area contributed by atoms with Crippen molar-refractivity contribution in [2.45, 2.75) is 6.54 Å². The van der Waals surface area contributed by atoms with E-state index in [4.69, 9.17) is 11.8 Å². The van der Waals surface area contributed by atoms with Gasteiger partial charge in [-0.3, -0.25) is 0 Å². The van der Waals surface area contributed by atoms with Gasteiger partial charge >= 0.3 is 0 Å². The molecule has 1 N–H and O–H groups in total. The second kappa shape index (κ2) is 3.51. The van der Waals surface area contributed by atoms with E-state index < -0.39 is 0 Å². The predicted molar refractivity (Wildman–Crippen MR) is 42.5 cm³/mol. The summed E-state index contributed by atoms with van der Waals surface area (Å²) in [6, 6.07) is 0. The van der Waals surface area contributed by atoms with E-state index in [0.717, 1.165) is 8.79 Å². The van der Waals surface area contributed by atoms with Crippen molar-refractivity contribution in [1.29, 1.82) is 0 Å². The number of nitrogens with one attached hydrogen (secondary N) is 1. The third-order valence-electron chi connectivity index (χ3n) is 0.766. The zero-order valence-electron chi connectivity index (χ0n) is 4.40. The third-order valence-corrected chi connectivity index (χ3v) is 2.38. The summed E-state index contributed by atoms with van der Waals surface area (Å²) in [7, 11) is 0. The highest BCUT2D eigenvalue weighted by molar-refractivity contribution is 9.11. The molecule has 0 saturated carbocycles. The van der Waals surface area contributed by atoms with Gasteiger partial charge in [0, 0.05) is 17.6 Å². The summed E-state index contributed by atoms with van der Waals surface area (Å²) < 4.78 is 0.893. The van der Waals surface area contributed by atoms with Gasteiger partial charge in [-0.15, -0.1) is 11.3 Å². The number of hydrogen-bond donors (Lipinski definition) is 1. The van der Waals surface area contributed by atoms with E-state index in [1.807, 2.05) is 0 Å². The minimum absolute atomic E-state index is 0.671. The summed E-state index contributed by atoms with van der Waals surface area (Å²) in [5.74, 6) is 0. The quantitative estimate of drug-likeness (QED) is 0.783. The largest absolute Gasteiger partial charge is 0.237 e. The Hall–Kier alpha value is 0.360. The van der Waals surface area contributed by atoms with Crippen molar-refractivity contribution in [3.63, 3.8) is 0 Å². The van der Waals surface area contributed by atoms with Crippen molar-refractivity contribution >= 4 is 39.0 Å². The fourth-order valence-corrected chi connectivity index (χ4v) is 1.95. The van der Waals surface area contributed by atoms with Gasteiger partial charge in [0.25, 0.3) is 0 Å². The van der Waals surface area contributed by atoms with Crippen LogP contribution in [-0.4, -0.2) is 4.98 Å². The lowest BCUT2D eigenvalue weighted by Gasteiger charge is -1.85. The molecule has 9 heavy (non-hydrogen) atoms. The molecule has 0 aliphatic carbocycles. The smallest absolute Gasteiger partial charge is 0.159 e. The second-order valence-corrected chi connectivity index (χ2v) is 4.05. The van der Waals surface area contributed by atoms with Gasteiger partial charge in [-0.25, -0.2) is 9.82 Å². The van der Waals surface area contributed by atoms with Gasteiger partial charge in [0.05, 0.1) is 0 Å². The van der Waals surface area contributed by atoms with Crippen LogP contribution in [-0.2, 0) is 6.54 Å². The monoisotopic (exact) mass is 226 g/mol. The summed E-state index contributed by atoms with van der Waals surface area (Å²) in [5.41, 5.74) is 0. The number of hydrogen-bond acceptors (Lipinski definition) is 3. The number of aromatic nitrogens is 1. The maximum atomic E-state index is 5.26. The highest BCUT2D eigenvalue weighted by Gasteiger charge is 1.95. The van der Waals surface area contributed by atoms with Crippen LogP contribution in [0.5, 0.6) is 0 Å². The molecule has 1 rings (SSSR count). The highest BCUT2D eigenvalue weighted by Crippen LogP contribution is 2.17. The molecule has 0 fully saturated rings. The Labute approximate surface area is 70.5 Å². The van der Waals surface area contributed by atoms with Crippen LogP contribution in [0.2, 0.25) is 0 Å². The van der Waals surface area contributed by atoms with Crippen molar-refractivity contribution in [3.8, 4) is 0 Å². The first-order valence-electron chi connectivity index (χ1n) is 2.26. The molecule has 0 bridgehead atoms. The summed E-state index contributed by atoms with van der Waals surface area (Å²) in [6.45, 7) is 0.671. The number of rotatable bonds is 2. The van der Waals surface area contributed by atoms with Gasteiger partial charge < -0.3 is 0 Å². The lowest BCUT2D eigenvalue weighted by molar-refractivity contribution is 0.982. The normalized spacial score (nSPS) is 10.0. The Morgan fingerprint density at radius 2 is 2.67 bits per heavy atom. The van der Waals surface area contributed by atoms with Crippen LogP contribution in [0.15, 0.2) is 10.1 Å². The molecular weight excluding hydrogens is 223 g/mol. The Kier molecular flexibility index (Phi) is 2.91. The van der Waals surface area contributed by atoms with E-state index in [2.05, 4.69) is 25.7 Å². The van der Waals surface area contributed by atoms with Crippen molar-refractivity contribution in [2.75, 3.05) is 0 Å². The SMILES string of the molecule is ClNCc1cnc(Br)s1. The summed E-state index contributed by atoms with van der Waals surface area (Å²) in [4.78, 5) is 7.61. The third kappa shape index (κ3) is 2.21.